The van der Waals surface area contributed by atoms with Crippen molar-refractivity contribution in [3.63, 3.8) is 0 Å². The molecule has 0 spiro atoms. The number of allylic oxidation sites excluding steroid dienone is 1. The molecule has 0 aromatic rings. The maximum absolute atomic E-state index is 12.1. The zero-order chi connectivity index (χ0) is 32.3. The van der Waals surface area contributed by atoms with E-state index in [0.29, 0.717) is 25.0 Å². The van der Waals surface area contributed by atoms with Crippen LogP contribution in [0.4, 0.5) is 0 Å². The van der Waals surface area contributed by atoms with Crippen molar-refractivity contribution in [2.24, 2.45) is 17.8 Å². The van der Waals surface area contributed by atoms with E-state index in [1.807, 2.05) is 6.08 Å². The van der Waals surface area contributed by atoms with Crippen molar-refractivity contribution in [3.8, 4) is 0 Å². The van der Waals surface area contributed by atoms with Gasteiger partial charge in [-0.15, -0.1) is 0 Å². The minimum Gasteiger partial charge on any atom is -0.481 e. The molecule has 0 aromatic heterocycles. The maximum Gasteiger partial charge on any atom is 0.306 e. The number of aliphatic carboxylic acids is 1. The number of carboxylic acid groups (broad SMARTS) is 1. The van der Waals surface area contributed by atoms with Gasteiger partial charge in [0.15, 0.2) is 0 Å². The highest BCUT2D eigenvalue weighted by atomic mass is 16.5. The molecule has 0 aliphatic carbocycles. The van der Waals surface area contributed by atoms with Crippen molar-refractivity contribution < 1.29 is 19.4 Å². The molecule has 1 N–H and O–H groups in total. The number of hydrogen-bond donors (Lipinski definition) is 1. The molecule has 0 aromatic carbocycles. The fourth-order valence-electron chi connectivity index (χ4n) is 7.19. The molecular weight excluding hydrogens is 546 g/mol. The maximum atomic E-state index is 12.1. The minimum absolute atomic E-state index is 0.0641. The van der Waals surface area contributed by atoms with E-state index in [4.69, 9.17) is 4.74 Å². The van der Waals surface area contributed by atoms with Crippen molar-refractivity contribution in [2.75, 3.05) is 20.2 Å². The predicted octanol–water partition coefficient (Wildman–Crippen LogP) is 11.1. The normalized spacial score (nSPS) is 18.9. The second-order valence-corrected chi connectivity index (χ2v) is 14.0. The van der Waals surface area contributed by atoms with Crippen molar-refractivity contribution in [1.29, 1.82) is 0 Å². The van der Waals surface area contributed by atoms with Gasteiger partial charge < -0.3 is 14.7 Å². The molecule has 258 valence electrons. The molecule has 4 atom stereocenters. The van der Waals surface area contributed by atoms with Gasteiger partial charge in [-0.1, -0.05) is 148 Å². The molecule has 44 heavy (non-hydrogen) atoms. The van der Waals surface area contributed by atoms with Crippen LogP contribution in [0.3, 0.4) is 0 Å². The summed E-state index contributed by atoms with van der Waals surface area (Å²) >= 11 is 0. The number of likely N-dealkylation sites (tertiary alicyclic amines) is 1. The lowest BCUT2D eigenvalue weighted by atomic mass is 9.79. The van der Waals surface area contributed by atoms with Crippen molar-refractivity contribution in [2.45, 2.75) is 187 Å². The molecule has 5 nitrogen and oxygen atoms in total. The summed E-state index contributed by atoms with van der Waals surface area (Å²) in [5.74, 6) is 0.539. The monoisotopic (exact) mass is 620 g/mol. The van der Waals surface area contributed by atoms with Gasteiger partial charge in [-0.25, -0.2) is 0 Å². The highest BCUT2D eigenvalue weighted by molar-refractivity contribution is 5.70. The van der Waals surface area contributed by atoms with E-state index in [0.717, 1.165) is 44.6 Å². The highest BCUT2D eigenvalue weighted by Crippen LogP contribution is 2.33. The Morgan fingerprint density at radius 3 is 1.93 bits per heavy atom. The molecule has 0 radical (unpaired) electrons. The van der Waals surface area contributed by atoms with Gasteiger partial charge in [-0.2, -0.15) is 0 Å². The summed E-state index contributed by atoms with van der Waals surface area (Å²) in [6.07, 6.45) is 33.9. The molecule has 0 bridgehead atoms. The van der Waals surface area contributed by atoms with E-state index in [9.17, 15) is 14.7 Å². The number of unbranched alkanes of at least 4 members (excludes halogenated alkanes) is 13. The molecule has 4 unspecified atom stereocenters. The average Bonchev–Trinajstić information content (AvgIpc) is 3.01. The Kier molecular flexibility index (Phi) is 25.8. The molecule has 0 saturated carbocycles. The minimum atomic E-state index is -0.604. The second-order valence-electron chi connectivity index (χ2n) is 14.0. The fourth-order valence-corrected chi connectivity index (χ4v) is 7.19. The Labute approximate surface area is 273 Å². The van der Waals surface area contributed by atoms with Gasteiger partial charge in [-0.05, 0) is 64.0 Å². The van der Waals surface area contributed by atoms with Crippen LogP contribution in [-0.2, 0) is 14.3 Å². The quantitative estimate of drug-likeness (QED) is 0.0512. The van der Waals surface area contributed by atoms with Gasteiger partial charge in [0.2, 0.25) is 0 Å². The fraction of sp³-hybridized carbons (Fsp3) is 0.897. The van der Waals surface area contributed by atoms with Crippen LogP contribution in [0.2, 0.25) is 0 Å². The van der Waals surface area contributed by atoms with Crippen LogP contribution in [0.15, 0.2) is 12.2 Å². The van der Waals surface area contributed by atoms with Gasteiger partial charge in [-0.3, -0.25) is 9.59 Å². The molecular formula is C39H73NO4. The summed E-state index contributed by atoms with van der Waals surface area (Å²) in [6, 6.07) is 0.411. The lowest BCUT2D eigenvalue weighted by Gasteiger charge is -2.40. The summed E-state index contributed by atoms with van der Waals surface area (Å²) in [7, 11) is 2.21. The van der Waals surface area contributed by atoms with Gasteiger partial charge in [0.25, 0.3) is 0 Å². The molecule has 0 amide bonds. The standard InChI is InChI=1S/C39H73NO4/c1-5-8-10-11-12-13-16-19-27-35(37-33-36(39(42)43)30-31-40(37)4)28-20-17-14-15-18-21-29-38(41)44-32-23-22-26-34(24-7-3)25-9-6-2/h22-23,34-37H,5-21,24-33H2,1-4H3,(H,42,43)/b23-22-. The van der Waals surface area contributed by atoms with Gasteiger partial charge in [0.05, 0.1) is 5.92 Å². The number of carboxylic acids is 1. The van der Waals surface area contributed by atoms with E-state index in [1.54, 1.807) is 0 Å². The molecule has 1 saturated heterocycles. The van der Waals surface area contributed by atoms with Crippen LogP contribution < -0.4 is 0 Å². The average molecular weight is 620 g/mol. The highest BCUT2D eigenvalue weighted by Gasteiger charge is 2.34. The van der Waals surface area contributed by atoms with Crippen LogP contribution in [0.1, 0.15) is 181 Å². The largest absolute Gasteiger partial charge is 0.481 e. The summed E-state index contributed by atoms with van der Waals surface area (Å²) in [4.78, 5) is 26.3. The van der Waals surface area contributed by atoms with E-state index >= 15 is 0 Å². The Bertz CT molecular complexity index is 723. The molecule has 1 aliphatic heterocycles. The van der Waals surface area contributed by atoms with Crippen LogP contribution in [-0.4, -0.2) is 48.2 Å². The van der Waals surface area contributed by atoms with Crippen LogP contribution in [0.25, 0.3) is 0 Å². The van der Waals surface area contributed by atoms with E-state index in [2.05, 4.69) is 38.8 Å². The van der Waals surface area contributed by atoms with E-state index in [1.165, 1.54) is 122 Å². The number of carbonyl (C=O) groups is 2. The molecule has 1 heterocycles. The number of hydrogen-bond acceptors (Lipinski definition) is 4. The number of ether oxygens (including phenoxy) is 1. The second kappa shape index (κ2) is 27.9. The smallest absolute Gasteiger partial charge is 0.306 e. The van der Waals surface area contributed by atoms with E-state index in [-0.39, 0.29) is 11.9 Å². The zero-order valence-corrected chi connectivity index (χ0v) is 29.7. The zero-order valence-electron chi connectivity index (χ0n) is 29.7. The third-order valence-corrected chi connectivity index (χ3v) is 10.1. The lowest BCUT2D eigenvalue weighted by molar-refractivity contribution is -0.144. The molecule has 1 rings (SSSR count). The van der Waals surface area contributed by atoms with Crippen molar-refractivity contribution in [3.05, 3.63) is 12.2 Å². The summed E-state index contributed by atoms with van der Waals surface area (Å²) in [5.41, 5.74) is 0. The Morgan fingerprint density at radius 1 is 0.750 bits per heavy atom. The Morgan fingerprint density at radius 2 is 1.34 bits per heavy atom. The molecule has 1 fully saturated rings. The third-order valence-electron chi connectivity index (χ3n) is 10.1. The van der Waals surface area contributed by atoms with Crippen LogP contribution >= 0.6 is 0 Å². The first kappa shape index (κ1) is 40.7. The lowest BCUT2D eigenvalue weighted by Crippen LogP contribution is -2.46. The summed E-state index contributed by atoms with van der Waals surface area (Å²) < 4.78 is 5.43. The molecule has 5 heteroatoms. The van der Waals surface area contributed by atoms with Crippen LogP contribution in [0, 0.1) is 17.8 Å². The number of carbonyl (C=O) groups excluding carboxylic acids is 1. The molecule has 1 aliphatic rings. The number of nitrogens with zero attached hydrogens (tertiary/aromatic N) is 1. The third kappa shape index (κ3) is 20.6. The summed E-state index contributed by atoms with van der Waals surface area (Å²) in [5, 5.41) is 9.68. The first-order chi connectivity index (χ1) is 21.4. The SMILES string of the molecule is CCCCCCCCCCC(CCCCCCCCC(=O)OC/C=C\CC(CCC)CCCC)C1CC(C(=O)O)CCN1C. The Hall–Kier alpha value is -1.36. The first-order valence-electron chi connectivity index (χ1n) is 19.2. The van der Waals surface area contributed by atoms with Crippen LogP contribution in [0.5, 0.6) is 0 Å². The Balaban J connectivity index is 2.26. The predicted molar refractivity (Wildman–Crippen MR) is 187 cm³/mol. The first-order valence-corrected chi connectivity index (χ1v) is 19.2. The topological polar surface area (TPSA) is 66.8 Å². The number of rotatable bonds is 29. The number of esters is 1. The summed E-state index contributed by atoms with van der Waals surface area (Å²) in [6.45, 7) is 8.11. The number of piperidine rings is 1. The van der Waals surface area contributed by atoms with Crippen molar-refractivity contribution in [1.82, 2.24) is 4.90 Å². The van der Waals surface area contributed by atoms with Gasteiger partial charge >= 0.3 is 11.9 Å². The van der Waals surface area contributed by atoms with Gasteiger partial charge in [0, 0.05) is 12.5 Å². The van der Waals surface area contributed by atoms with E-state index < -0.39 is 5.97 Å². The van der Waals surface area contributed by atoms with Gasteiger partial charge in [0.1, 0.15) is 6.61 Å². The van der Waals surface area contributed by atoms with Crippen molar-refractivity contribution >= 4 is 11.9 Å².